The maximum absolute atomic E-state index is 12.0. The van der Waals surface area contributed by atoms with Gasteiger partial charge in [0, 0.05) is 24.5 Å². The van der Waals surface area contributed by atoms with Crippen LogP contribution in [-0.4, -0.2) is 27.8 Å². The molecule has 21 heavy (non-hydrogen) atoms. The second-order valence-electron chi connectivity index (χ2n) is 4.05. The minimum Gasteiger partial charge on any atom is -0.408 e. The zero-order valence-corrected chi connectivity index (χ0v) is 11.9. The van der Waals surface area contributed by atoms with Gasteiger partial charge in [-0.05, 0) is 18.2 Å². The summed E-state index contributed by atoms with van der Waals surface area (Å²) >= 11 is 6.06. The van der Waals surface area contributed by atoms with Crippen LogP contribution in [0.4, 0.5) is 6.01 Å². The van der Waals surface area contributed by atoms with Crippen molar-refractivity contribution in [2.75, 3.05) is 11.9 Å². The first-order valence-corrected chi connectivity index (χ1v) is 6.48. The van der Waals surface area contributed by atoms with Gasteiger partial charge in [-0.1, -0.05) is 28.5 Å². The number of halogens is 1. The van der Waals surface area contributed by atoms with Crippen LogP contribution in [-0.2, 0) is 0 Å². The summed E-state index contributed by atoms with van der Waals surface area (Å²) < 4.78 is 5.06. The number of aryl methyl sites for hydroxylation is 1. The minimum atomic E-state index is -0.407. The van der Waals surface area contributed by atoms with E-state index in [0.29, 0.717) is 28.5 Å². The molecule has 6 nitrogen and oxygen atoms in total. The lowest BCUT2D eigenvalue weighted by Gasteiger charge is -2.02. The molecule has 0 fully saturated rings. The van der Waals surface area contributed by atoms with Crippen LogP contribution in [0.1, 0.15) is 28.2 Å². The molecule has 2 N–H and O–H groups in total. The second kappa shape index (κ2) is 6.88. The first-order chi connectivity index (χ1) is 10.1. The van der Waals surface area contributed by atoms with Crippen molar-refractivity contribution in [3.63, 3.8) is 0 Å². The molecule has 0 saturated heterocycles. The number of nitrogens with zero attached hydrogens (tertiary/aromatic N) is 2. The lowest BCUT2D eigenvalue weighted by Crippen LogP contribution is -2.12. The summed E-state index contributed by atoms with van der Waals surface area (Å²) in [7, 11) is 0. The third-order valence-corrected chi connectivity index (χ3v) is 2.75. The quantitative estimate of drug-likeness (QED) is 0.847. The highest BCUT2D eigenvalue weighted by Crippen LogP contribution is 2.18. The molecule has 1 aromatic heterocycles. The predicted octanol–water partition coefficient (Wildman–Crippen LogP) is 2.02. The molecule has 2 aromatic rings. The van der Waals surface area contributed by atoms with Crippen LogP contribution in [0.15, 0.2) is 22.6 Å². The van der Waals surface area contributed by atoms with Crippen LogP contribution in [0, 0.1) is 18.8 Å². The summed E-state index contributed by atoms with van der Waals surface area (Å²) in [5.41, 5.74) is 0.943. The topological polar surface area (TPSA) is 88.2 Å². The summed E-state index contributed by atoms with van der Waals surface area (Å²) in [5.74, 6) is 5.54. The first kappa shape index (κ1) is 15.0. The van der Waals surface area contributed by atoms with Gasteiger partial charge >= 0.3 is 6.01 Å². The van der Waals surface area contributed by atoms with Crippen molar-refractivity contribution >= 4 is 23.5 Å². The normalized spacial score (nSPS) is 9.86. The lowest BCUT2D eigenvalue weighted by atomic mass is 10.1. The number of carbonyl (C=O) groups is 1. The van der Waals surface area contributed by atoms with E-state index >= 15 is 0 Å². The Labute approximate surface area is 126 Å². The Kier molecular flexibility index (Phi) is 4.93. The number of hydrogen-bond acceptors (Lipinski definition) is 5. The van der Waals surface area contributed by atoms with Crippen molar-refractivity contribution in [2.45, 2.75) is 13.3 Å². The standard InChI is InChI=1S/C14H12ClN3O3/c1-9-17-18-14(21-9)16-13(20)11-6-5-10(12(15)8-11)4-2-3-7-19/h5-6,8,19H,3,7H2,1H3,(H,16,18,20). The molecule has 0 aliphatic carbocycles. The number of benzene rings is 1. The molecule has 0 atom stereocenters. The Bertz CT molecular complexity index is 716. The van der Waals surface area contributed by atoms with Crippen LogP contribution in [0.5, 0.6) is 0 Å². The molecule has 0 radical (unpaired) electrons. The maximum atomic E-state index is 12.0. The number of hydrogen-bond donors (Lipinski definition) is 2. The minimum absolute atomic E-state index is 0.00525. The molecule has 0 saturated carbocycles. The van der Waals surface area contributed by atoms with Gasteiger partial charge in [0.1, 0.15) is 0 Å². The van der Waals surface area contributed by atoms with E-state index in [2.05, 4.69) is 27.4 Å². The van der Waals surface area contributed by atoms with E-state index < -0.39 is 5.91 Å². The SMILES string of the molecule is Cc1nnc(NC(=O)c2ccc(C#CCCO)c(Cl)c2)o1. The van der Waals surface area contributed by atoms with Crippen LogP contribution in [0.3, 0.4) is 0 Å². The molecule has 0 bridgehead atoms. The number of nitrogens with one attached hydrogen (secondary N) is 1. The van der Waals surface area contributed by atoms with Crippen molar-refractivity contribution < 1.29 is 14.3 Å². The molecule has 0 spiro atoms. The Morgan fingerprint density at radius 3 is 2.90 bits per heavy atom. The zero-order valence-electron chi connectivity index (χ0n) is 11.2. The Morgan fingerprint density at radius 1 is 1.48 bits per heavy atom. The number of amides is 1. The average molecular weight is 306 g/mol. The molecule has 2 rings (SSSR count). The first-order valence-electron chi connectivity index (χ1n) is 6.11. The molecule has 7 heteroatoms. The Hall–Kier alpha value is -2.36. The molecule has 108 valence electrons. The van der Waals surface area contributed by atoms with Gasteiger partial charge in [0.25, 0.3) is 5.91 Å². The summed E-state index contributed by atoms with van der Waals surface area (Å²) in [6, 6.07) is 4.76. The van der Waals surface area contributed by atoms with Gasteiger partial charge in [-0.15, -0.1) is 5.10 Å². The number of anilines is 1. The van der Waals surface area contributed by atoms with E-state index in [1.54, 1.807) is 19.1 Å². The number of rotatable bonds is 3. The molecule has 1 amide bonds. The van der Waals surface area contributed by atoms with Crippen molar-refractivity contribution in [3.8, 4) is 11.8 Å². The fraction of sp³-hybridized carbons (Fsp3) is 0.214. The van der Waals surface area contributed by atoms with E-state index in [9.17, 15) is 4.79 Å². The summed E-state index contributed by atoms with van der Waals surface area (Å²) in [6.45, 7) is 1.62. The maximum Gasteiger partial charge on any atom is 0.322 e. The van der Waals surface area contributed by atoms with Crippen LogP contribution >= 0.6 is 11.6 Å². The molecular weight excluding hydrogens is 294 g/mol. The molecule has 1 aromatic carbocycles. The van der Waals surface area contributed by atoms with Gasteiger partial charge < -0.3 is 9.52 Å². The highest BCUT2D eigenvalue weighted by Gasteiger charge is 2.11. The van der Waals surface area contributed by atoms with Crippen molar-refractivity contribution in [1.82, 2.24) is 10.2 Å². The monoisotopic (exact) mass is 305 g/mol. The summed E-state index contributed by atoms with van der Waals surface area (Å²) in [6.07, 6.45) is 0.370. The summed E-state index contributed by atoms with van der Waals surface area (Å²) in [5, 5.41) is 18.8. The Morgan fingerprint density at radius 2 is 2.29 bits per heavy atom. The Balaban J connectivity index is 2.12. The van der Waals surface area contributed by atoms with E-state index in [0.717, 1.165) is 0 Å². The molecular formula is C14H12ClN3O3. The lowest BCUT2D eigenvalue weighted by molar-refractivity contribution is 0.102. The van der Waals surface area contributed by atoms with E-state index in [-0.39, 0.29) is 12.6 Å². The van der Waals surface area contributed by atoms with Crippen molar-refractivity contribution in [2.24, 2.45) is 0 Å². The van der Waals surface area contributed by atoms with Gasteiger partial charge in [0.15, 0.2) is 0 Å². The highest BCUT2D eigenvalue weighted by atomic mass is 35.5. The van der Waals surface area contributed by atoms with E-state index in [1.807, 2.05) is 0 Å². The number of aliphatic hydroxyl groups excluding tert-OH is 1. The van der Waals surface area contributed by atoms with Crippen LogP contribution in [0.2, 0.25) is 5.02 Å². The number of carbonyl (C=O) groups excluding carboxylic acids is 1. The number of aliphatic hydroxyl groups is 1. The number of aromatic nitrogens is 2. The van der Waals surface area contributed by atoms with Gasteiger partial charge in [-0.2, -0.15) is 0 Å². The fourth-order valence-corrected chi connectivity index (χ4v) is 1.72. The smallest absolute Gasteiger partial charge is 0.322 e. The van der Waals surface area contributed by atoms with Gasteiger partial charge in [-0.25, -0.2) is 0 Å². The molecule has 0 aliphatic rings. The third-order valence-electron chi connectivity index (χ3n) is 2.44. The zero-order chi connectivity index (χ0) is 15.2. The second-order valence-corrected chi connectivity index (χ2v) is 4.46. The predicted molar refractivity (Wildman–Crippen MR) is 77.0 cm³/mol. The van der Waals surface area contributed by atoms with Crippen LogP contribution < -0.4 is 5.32 Å². The van der Waals surface area contributed by atoms with Crippen LogP contribution in [0.25, 0.3) is 0 Å². The molecule has 0 unspecified atom stereocenters. The van der Waals surface area contributed by atoms with E-state index in [1.165, 1.54) is 6.07 Å². The largest absolute Gasteiger partial charge is 0.408 e. The third kappa shape index (κ3) is 4.05. The molecule has 0 aliphatic heterocycles. The van der Waals surface area contributed by atoms with Gasteiger partial charge in [0.05, 0.1) is 11.6 Å². The van der Waals surface area contributed by atoms with Gasteiger partial charge in [-0.3, -0.25) is 10.1 Å². The van der Waals surface area contributed by atoms with Crippen molar-refractivity contribution in [3.05, 3.63) is 40.2 Å². The fourth-order valence-electron chi connectivity index (χ4n) is 1.49. The summed E-state index contributed by atoms with van der Waals surface area (Å²) in [4.78, 5) is 12.0. The average Bonchev–Trinajstić information content (AvgIpc) is 2.86. The van der Waals surface area contributed by atoms with Gasteiger partial charge in [0.2, 0.25) is 5.89 Å². The van der Waals surface area contributed by atoms with Crippen molar-refractivity contribution in [1.29, 1.82) is 0 Å². The molecule has 1 heterocycles. The van der Waals surface area contributed by atoms with E-state index in [4.69, 9.17) is 21.1 Å². The highest BCUT2D eigenvalue weighted by molar-refractivity contribution is 6.32.